The Morgan fingerprint density at radius 3 is 1.91 bits per heavy atom. The molecule has 0 aromatic rings. The van der Waals surface area contributed by atoms with Crippen molar-refractivity contribution in [2.75, 3.05) is 11.5 Å². The zero-order valence-corrected chi connectivity index (χ0v) is 8.51. The largest absolute Gasteiger partial charge is 0.115 e. The lowest BCUT2D eigenvalue weighted by molar-refractivity contribution is 1.74. The summed E-state index contributed by atoms with van der Waals surface area (Å²) in [5.74, 6) is 1.98. The van der Waals surface area contributed by atoms with Crippen molar-refractivity contribution >= 4 is 23.5 Å². The first-order valence-electron chi connectivity index (χ1n) is 3.48. The van der Waals surface area contributed by atoms with Crippen molar-refractivity contribution in [1.82, 2.24) is 0 Å². The lowest BCUT2D eigenvalue weighted by atomic mass is 10.8. The van der Waals surface area contributed by atoms with Crippen LogP contribution in [0.25, 0.3) is 0 Å². The van der Waals surface area contributed by atoms with Gasteiger partial charge >= 0.3 is 0 Å². The molecule has 0 saturated carbocycles. The molecule has 2 heteroatoms. The van der Waals surface area contributed by atoms with Crippen molar-refractivity contribution in [2.45, 2.75) is 6.92 Å². The highest BCUT2D eigenvalue weighted by Gasteiger charge is 1.93. The number of hydrogen-bond donors (Lipinski definition) is 0. The smallest absolute Gasteiger partial charge is 0.0364 e. The summed E-state index contributed by atoms with van der Waals surface area (Å²) in [6.07, 6.45) is 5.97. The maximum absolute atomic E-state index is 3.67. The van der Waals surface area contributed by atoms with E-state index in [1.165, 1.54) is 4.24 Å². The first-order valence-corrected chi connectivity index (χ1v) is 5.46. The summed E-state index contributed by atoms with van der Waals surface area (Å²) in [4.78, 5) is 0. The number of hydrogen-bond acceptors (Lipinski definition) is 2. The molecule has 11 heavy (non-hydrogen) atoms. The van der Waals surface area contributed by atoms with Crippen LogP contribution in [-0.4, -0.2) is 11.5 Å². The Bertz CT molecular complexity index is 134. The van der Waals surface area contributed by atoms with Gasteiger partial charge < -0.3 is 0 Å². The molecule has 0 spiro atoms. The summed E-state index contributed by atoms with van der Waals surface area (Å²) in [5.41, 5.74) is 0. The molecule has 0 atom stereocenters. The Balaban J connectivity index is 3.58. The van der Waals surface area contributed by atoms with Gasteiger partial charge in [0.05, 0.1) is 0 Å². The van der Waals surface area contributed by atoms with Crippen LogP contribution in [-0.2, 0) is 0 Å². The third-order valence-electron chi connectivity index (χ3n) is 0.923. The van der Waals surface area contributed by atoms with Gasteiger partial charge in [0, 0.05) is 15.7 Å². The van der Waals surface area contributed by atoms with Crippen molar-refractivity contribution in [3.8, 4) is 0 Å². The zero-order chi connectivity index (χ0) is 8.53. The molecule has 0 nitrogen and oxygen atoms in total. The average Bonchev–Trinajstić information content (AvgIpc) is 2.05. The van der Waals surface area contributed by atoms with Gasteiger partial charge in [-0.25, -0.2) is 0 Å². The highest BCUT2D eigenvalue weighted by Crippen LogP contribution is 2.27. The van der Waals surface area contributed by atoms with E-state index in [0.717, 1.165) is 11.5 Å². The summed E-state index contributed by atoms with van der Waals surface area (Å²) in [7, 11) is 0. The molecule has 0 aliphatic heterocycles. The van der Waals surface area contributed by atoms with Crippen LogP contribution >= 0.6 is 23.5 Å². The molecule has 0 aliphatic carbocycles. The third kappa shape index (κ3) is 6.32. The molecular weight excluding hydrogens is 172 g/mol. The lowest BCUT2D eigenvalue weighted by Crippen LogP contribution is -1.74. The fourth-order valence-electron chi connectivity index (χ4n) is 0.490. The quantitative estimate of drug-likeness (QED) is 0.580. The number of thioether (sulfide) groups is 2. The molecule has 0 unspecified atom stereocenters. The minimum Gasteiger partial charge on any atom is -0.115 e. The second-order valence-electron chi connectivity index (χ2n) is 1.81. The van der Waals surface area contributed by atoms with Crippen LogP contribution < -0.4 is 0 Å². The Labute approximate surface area is 77.8 Å². The van der Waals surface area contributed by atoms with Crippen molar-refractivity contribution < 1.29 is 0 Å². The highest BCUT2D eigenvalue weighted by atomic mass is 32.2. The summed E-state index contributed by atoms with van der Waals surface area (Å²) in [6, 6.07) is 0. The predicted octanol–water partition coefficient (Wildman–Crippen LogP) is 3.69. The normalized spacial score (nSPS) is 8.82. The standard InChI is InChI=1S/C9H14S2/c1-4-7-10-9(6-3)11-8-5-2/h4-6H,1-2,7-8H2,3H3. The van der Waals surface area contributed by atoms with Gasteiger partial charge in [-0.15, -0.1) is 36.7 Å². The minimum atomic E-state index is 0.990. The Kier molecular flexibility index (Phi) is 7.96. The molecule has 0 saturated heterocycles. The maximum atomic E-state index is 3.67. The van der Waals surface area contributed by atoms with Crippen LogP contribution in [0.4, 0.5) is 0 Å². The van der Waals surface area contributed by atoms with Crippen LogP contribution in [0.2, 0.25) is 0 Å². The third-order valence-corrected chi connectivity index (χ3v) is 3.47. The molecule has 0 aromatic heterocycles. The molecule has 0 fully saturated rings. The summed E-state index contributed by atoms with van der Waals surface area (Å²) in [5, 5.41) is 0. The zero-order valence-electron chi connectivity index (χ0n) is 6.88. The van der Waals surface area contributed by atoms with E-state index >= 15 is 0 Å². The number of allylic oxidation sites excluding steroid dienone is 1. The van der Waals surface area contributed by atoms with Gasteiger partial charge in [-0.1, -0.05) is 18.2 Å². The van der Waals surface area contributed by atoms with Gasteiger partial charge in [0.15, 0.2) is 0 Å². The SMILES string of the molecule is C=CCSC(=CC)SCC=C. The van der Waals surface area contributed by atoms with Crippen LogP contribution in [0.1, 0.15) is 6.92 Å². The van der Waals surface area contributed by atoms with E-state index in [9.17, 15) is 0 Å². The molecule has 0 heterocycles. The molecule has 0 aliphatic rings. The second kappa shape index (κ2) is 8.02. The van der Waals surface area contributed by atoms with Crippen LogP contribution in [0.15, 0.2) is 35.6 Å². The average molecular weight is 186 g/mol. The van der Waals surface area contributed by atoms with E-state index in [-0.39, 0.29) is 0 Å². The van der Waals surface area contributed by atoms with E-state index < -0.39 is 0 Å². The van der Waals surface area contributed by atoms with E-state index in [2.05, 4.69) is 26.2 Å². The fourth-order valence-corrected chi connectivity index (χ4v) is 2.13. The van der Waals surface area contributed by atoms with Crippen LogP contribution in [0.3, 0.4) is 0 Å². The summed E-state index contributed by atoms with van der Waals surface area (Å²) >= 11 is 3.64. The topological polar surface area (TPSA) is 0 Å². The van der Waals surface area contributed by atoms with Crippen LogP contribution in [0.5, 0.6) is 0 Å². The van der Waals surface area contributed by atoms with Crippen molar-refractivity contribution in [1.29, 1.82) is 0 Å². The molecule has 0 radical (unpaired) electrons. The van der Waals surface area contributed by atoms with E-state index in [4.69, 9.17) is 0 Å². The molecule has 62 valence electrons. The Morgan fingerprint density at radius 2 is 1.64 bits per heavy atom. The van der Waals surface area contributed by atoms with Crippen molar-refractivity contribution in [3.63, 3.8) is 0 Å². The van der Waals surface area contributed by atoms with Gasteiger partial charge in [-0.2, -0.15) is 0 Å². The first kappa shape index (κ1) is 10.9. The van der Waals surface area contributed by atoms with Gasteiger partial charge in [-0.3, -0.25) is 0 Å². The second-order valence-corrected chi connectivity index (χ2v) is 4.19. The predicted molar refractivity (Wildman–Crippen MR) is 59.1 cm³/mol. The minimum absolute atomic E-state index is 0.990. The van der Waals surface area contributed by atoms with E-state index in [1.54, 1.807) is 0 Å². The maximum Gasteiger partial charge on any atom is 0.0364 e. The van der Waals surface area contributed by atoms with Gasteiger partial charge in [-0.05, 0) is 6.92 Å². The van der Waals surface area contributed by atoms with Gasteiger partial charge in [0.2, 0.25) is 0 Å². The fraction of sp³-hybridized carbons (Fsp3) is 0.333. The van der Waals surface area contributed by atoms with Gasteiger partial charge in [0.25, 0.3) is 0 Å². The molecule has 0 N–H and O–H groups in total. The van der Waals surface area contributed by atoms with Crippen molar-refractivity contribution in [3.05, 3.63) is 35.6 Å². The van der Waals surface area contributed by atoms with Crippen LogP contribution in [0, 0.1) is 0 Å². The van der Waals surface area contributed by atoms with E-state index in [1.807, 2.05) is 35.7 Å². The molecule has 0 bridgehead atoms. The number of rotatable bonds is 6. The first-order chi connectivity index (χ1) is 5.35. The van der Waals surface area contributed by atoms with Gasteiger partial charge in [0.1, 0.15) is 0 Å². The van der Waals surface area contributed by atoms with E-state index in [0.29, 0.717) is 0 Å². The highest BCUT2D eigenvalue weighted by molar-refractivity contribution is 8.22. The Morgan fingerprint density at radius 1 is 1.18 bits per heavy atom. The monoisotopic (exact) mass is 186 g/mol. The molecular formula is C9H14S2. The molecule has 0 aromatic carbocycles. The van der Waals surface area contributed by atoms with Crippen molar-refractivity contribution in [2.24, 2.45) is 0 Å². The lowest BCUT2D eigenvalue weighted by Gasteiger charge is -2.00. The Hall–Kier alpha value is -0.0800. The molecule has 0 amide bonds. The molecule has 0 rings (SSSR count). The summed E-state index contributed by atoms with van der Waals surface area (Å²) in [6.45, 7) is 9.40. The summed E-state index contributed by atoms with van der Waals surface area (Å²) < 4.78 is 1.35.